The van der Waals surface area contributed by atoms with Crippen LogP contribution in [0.2, 0.25) is 0 Å². The van der Waals surface area contributed by atoms with Crippen LogP contribution in [0.3, 0.4) is 0 Å². The second-order valence-corrected chi connectivity index (χ2v) is 10.8. The van der Waals surface area contributed by atoms with Gasteiger partial charge in [0.2, 0.25) is 11.8 Å². The van der Waals surface area contributed by atoms with Crippen molar-refractivity contribution in [1.29, 1.82) is 0 Å². The highest BCUT2D eigenvalue weighted by atomic mass is 16.5. The minimum Gasteiger partial charge on any atom is -0.481 e. The smallest absolute Gasteiger partial charge is 0.323 e. The van der Waals surface area contributed by atoms with Crippen LogP contribution in [-0.2, 0) is 19.1 Å². The molecule has 1 saturated heterocycles. The Bertz CT molecular complexity index is 1180. The van der Waals surface area contributed by atoms with Gasteiger partial charge in [-0.25, -0.2) is 4.79 Å². The number of nitrogens with one attached hydrogen (secondary N) is 4. The van der Waals surface area contributed by atoms with E-state index in [1.54, 1.807) is 24.3 Å². The molecule has 0 radical (unpaired) electrons. The fourth-order valence-electron chi connectivity index (χ4n) is 4.71. The van der Waals surface area contributed by atoms with Gasteiger partial charge in [0.05, 0.1) is 25.7 Å². The second kappa shape index (κ2) is 15.7. The molecular weight excluding hydrogens is 526 g/mol. The van der Waals surface area contributed by atoms with Gasteiger partial charge in [0.1, 0.15) is 0 Å². The first kappa shape index (κ1) is 31.6. The number of urea groups is 1. The number of para-hydroxylation sites is 1. The van der Waals surface area contributed by atoms with E-state index in [1.165, 1.54) is 0 Å². The highest BCUT2D eigenvalue weighted by Gasteiger charge is 2.27. The summed E-state index contributed by atoms with van der Waals surface area (Å²) in [5.41, 5.74) is 2.74. The Morgan fingerprint density at radius 1 is 0.902 bits per heavy atom. The molecule has 1 heterocycles. The van der Waals surface area contributed by atoms with Gasteiger partial charge in [-0.3, -0.25) is 19.3 Å². The van der Waals surface area contributed by atoms with Gasteiger partial charge in [-0.2, -0.15) is 0 Å². The van der Waals surface area contributed by atoms with Crippen molar-refractivity contribution in [2.24, 2.45) is 11.8 Å². The minimum absolute atomic E-state index is 0.0415. The van der Waals surface area contributed by atoms with Gasteiger partial charge in [-0.05, 0) is 55.2 Å². The summed E-state index contributed by atoms with van der Waals surface area (Å²) in [6.07, 6.45) is 0.239. The zero-order chi connectivity index (χ0) is 29.8. The van der Waals surface area contributed by atoms with Crippen molar-refractivity contribution in [3.05, 3.63) is 54.1 Å². The number of carbonyl (C=O) groups excluding carboxylic acids is 3. The van der Waals surface area contributed by atoms with E-state index >= 15 is 0 Å². The van der Waals surface area contributed by atoms with Gasteiger partial charge < -0.3 is 31.1 Å². The van der Waals surface area contributed by atoms with Gasteiger partial charge in [-0.15, -0.1) is 0 Å². The van der Waals surface area contributed by atoms with Crippen molar-refractivity contribution in [3.63, 3.8) is 0 Å². The molecule has 4 amide bonds. The van der Waals surface area contributed by atoms with Crippen molar-refractivity contribution < 1.29 is 29.0 Å². The van der Waals surface area contributed by atoms with Crippen LogP contribution in [0.4, 0.5) is 21.9 Å². The highest BCUT2D eigenvalue weighted by molar-refractivity contribution is 6.00. The summed E-state index contributed by atoms with van der Waals surface area (Å²) >= 11 is 0. The topological polar surface area (TPSA) is 149 Å². The second-order valence-electron chi connectivity index (χ2n) is 10.8. The zero-order valence-electron chi connectivity index (χ0n) is 23.9. The predicted molar refractivity (Wildman–Crippen MR) is 158 cm³/mol. The molecule has 0 bridgehead atoms. The normalized spacial score (nSPS) is 15.0. The van der Waals surface area contributed by atoms with Crippen molar-refractivity contribution in [3.8, 4) is 0 Å². The van der Waals surface area contributed by atoms with Crippen molar-refractivity contribution in [2.45, 2.75) is 46.1 Å². The lowest BCUT2D eigenvalue weighted by Crippen LogP contribution is -2.49. The number of benzene rings is 2. The Hall–Kier alpha value is -3.96. The third-order valence-electron chi connectivity index (χ3n) is 6.73. The monoisotopic (exact) mass is 567 g/mol. The van der Waals surface area contributed by atoms with E-state index in [1.807, 2.05) is 45.0 Å². The van der Waals surface area contributed by atoms with Crippen molar-refractivity contribution in [1.82, 2.24) is 10.2 Å². The number of morpholine rings is 1. The molecule has 0 aromatic heterocycles. The average molecular weight is 568 g/mol. The molecule has 2 aromatic carbocycles. The number of nitrogens with zero attached hydrogens (tertiary/aromatic N) is 1. The van der Waals surface area contributed by atoms with Crippen molar-refractivity contribution >= 4 is 40.9 Å². The molecule has 0 aliphatic carbocycles. The lowest BCUT2D eigenvalue weighted by molar-refractivity contribution is -0.138. The molecule has 1 unspecified atom stereocenters. The van der Waals surface area contributed by atoms with E-state index in [9.17, 15) is 24.3 Å². The molecule has 41 heavy (non-hydrogen) atoms. The number of aliphatic carboxylic acids is 1. The number of ether oxygens (including phenoxy) is 1. The number of anilines is 3. The largest absolute Gasteiger partial charge is 0.481 e. The van der Waals surface area contributed by atoms with Crippen LogP contribution in [0.1, 0.15) is 38.7 Å². The first-order valence-corrected chi connectivity index (χ1v) is 13.9. The molecule has 1 fully saturated rings. The fourth-order valence-corrected chi connectivity index (χ4v) is 4.71. The van der Waals surface area contributed by atoms with Crippen LogP contribution < -0.4 is 21.3 Å². The number of carboxylic acid groups (broad SMARTS) is 1. The highest BCUT2D eigenvalue weighted by Crippen LogP contribution is 2.20. The summed E-state index contributed by atoms with van der Waals surface area (Å²) in [5, 5.41) is 20.6. The van der Waals surface area contributed by atoms with Gasteiger partial charge in [-0.1, -0.05) is 32.0 Å². The first-order valence-electron chi connectivity index (χ1n) is 13.9. The molecule has 1 aliphatic heterocycles. The van der Waals surface area contributed by atoms with E-state index in [0.717, 1.165) is 5.56 Å². The molecular formula is C30H41N5O6. The molecule has 2 atom stereocenters. The Morgan fingerprint density at radius 3 is 2.15 bits per heavy atom. The van der Waals surface area contributed by atoms with E-state index in [2.05, 4.69) is 26.2 Å². The van der Waals surface area contributed by atoms with Crippen LogP contribution in [0.15, 0.2) is 48.5 Å². The third kappa shape index (κ3) is 11.2. The lowest BCUT2D eigenvalue weighted by atomic mass is 9.92. The first-order chi connectivity index (χ1) is 19.6. The molecule has 1 aliphatic rings. The van der Waals surface area contributed by atoms with E-state index in [0.29, 0.717) is 56.3 Å². The number of carboxylic acids is 1. The molecule has 5 N–H and O–H groups in total. The van der Waals surface area contributed by atoms with Crippen LogP contribution in [0.25, 0.3) is 0 Å². The molecule has 3 rings (SSSR count). The molecule has 11 heteroatoms. The Labute approximate surface area is 241 Å². The maximum absolute atomic E-state index is 13.2. The van der Waals surface area contributed by atoms with Crippen LogP contribution >= 0.6 is 0 Å². The number of rotatable bonds is 13. The van der Waals surface area contributed by atoms with Crippen molar-refractivity contribution in [2.75, 3.05) is 48.8 Å². The molecule has 0 spiro atoms. The number of hydrogen-bond acceptors (Lipinski definition) is 6. The van der Waals surface area contributed by atoms with Crippen LogP contribution in [0, 0.1) is 18.8 Å². The summed E-state index contributed by atoms with van der Waals surface area (Å²) in [6, 6.07) is 13.2. The molecule has 222 valence electrons. The van der Waals surface area contributed by atoms with E-state index < -0.39 is 17.9 Å². The Kier molecular flexibility index (Phi) is 12.1. The summed E-state index contributed by atoms with van der Waals surface area (Å²) in [6.45, 7) is 8.75. The number of carbonyl (C=O) groups is 4. The van der Waals surface area contributed by atoms with Crippen LogP contribution in [-0.4, -0.2) is 72.7 Å². The number of amides is 4. The zero-order valence-corrected chi connectivity index (χ0v) is 23.9. The number of aryl methyl sites for hydroxylation is 1. The standard InChI is InChI=1S/C30H41N5O6/c1-20(2)16-22(29(39)32-25(18-28(37)38)19-35-12-14-41-15-13-35)17-27(36)31-23-8-10-24(11-9-23)33-30(40)34-26-7-5-4-6-21(26)3/h4-11,20,22,25H,12-19H2,1-3H3,(H,31,36)(H,32,39)(H,37,38)(H2,33,34,40)/t22?,25-/m0/s1. The Balaban J connectivity index is 1.55. The van der Waals surface area contributed by atoms with Gasteiger partial charge >= 0.3 is 12.0 Å². The van der Waals surface area contributed by atoms with Gasteiger partial charge in [0, 0.05) is 49.0 Å². The average Bonchev–Trinajstić information content (AvgIpc) is 2.90. The van der Waals surface area contributed by atoms with E-state index in [-0.39, 0.29) is 36.6 Å². The third-order valence-corrected chi connectivity index (χ3v) is 6.73. The van der Waals surface area contributed by atoms with Gasteiger partial charge in [0.25, 0.3) is 0 Å². The predicted octanol–water partition coefficient (Wildman–Crippen LogP) is 3.92. The molecule has 0 saturated carbocycles. The summed E-state index contributed by atoms with van der Waals surface area (Å²) in [7, 11) is 0. The number of hydrogen-bond donors (Lipinski definition) is 5. The molecule has 11 nitrogen and oxygen atoms in total. The summed E-state index contributed by atoms with van der Waals surface area (Å²) in [4.78, 5) is 52.0. The Morgan fingerprint density at radius 2 is 1.54 bits per heavy atom. The van der Waals surface area contributed by atoms with E-state index in [4.69, 9.17) is 4.74 Å². The fraction of sp³-hybridized carbons (Fsp3) is 0.467. The SMILES string of the molecule is Cc1ccccc1NC(=O)Nc1ccc(NC(=O)CC(CC(C)C)C(=O)N[C@@H](CC(=O)O)CN2CCOCC2)cc1. The molecule has 2 aromatic rings. The maximum Gasteiger partial charge on any atom is 0.323 e. The summed E-state index contributed by atoms with van der Waals surface area (Å²) < 4.78 is 5.36. The maximum atomic E-state index is 13.2. The lowest BCUT2D eigenvalue weighted by Gasteiger charge is -2.31. The minimum atomic E-state index is -0.993. The summed E-state index contributed by atoms with van der Waals surface area (Å²) in [5.74, 6) is -2.10. The van der Waals surface area contributed by atoms with Gasteiger partial charge in [0.15, 0.2) is 0 Å². The quantitative estimate of drug-likeness (QED) is 0.246. The van der Waals surface area contributed by atoms with Crippen LogP contribution in [0.5, 0.6) is 0 Å².